The lowest BCUT2D eigenvalue weighted by molar-refractivity contribution is 0.102. The summed E-state index contributed by atoms with van der Waals surface area (Å²) in [4.78, 5) is 33.2. The number of carbonyl (C=O) groups is 1. The first-order valence-corrected chi connectivity index (χ1v) is 7.47. The number of nitrogens with zero attached hydrogens (tertiary/aromatic N) is 3. The second-order valence-corrected chi connectivity index (χ2v) is 5.52. The van der Waals surface area contributed by atoms with Crippen LogP contribution in [0, 0.1) is 0 Å². The predicted octanol–water partition coefficient (Wildman–Crippen LogP) is 1.99. The highest BCUT2D eigenvalue weighted by atomic mass is 16.1. The second-order valence-electron chi connectivity index (χ2n) is 5.52. The van der Waals surface area contributed by atoms with Gasteiger partial charge in [0.05, 0.1) is 16.5 Å². The third-order valence-corrected chi connectivity index (χ3v) is 4.00. The van der Waals surface area contributed by atoms with E-state index in [4.69, 9.17) is 0 Å². The van der Waals surface area contributed by atoms with Gasteiger partial charge in [0.15, 0.2) is 0 Å². The summed E-state index contributed by atoms with van der Waals surface area (Å²) < 4.78 is 1.72. The fourth-order valence-electron chi connectivity index (χ4n) is 2.86. The number of anilines is 1. The number of aryl methyl sites for hydroxylation is 1. The highest BCUT2D eigenvalue weighted by Gasteiger charge is 2.16. The van der Waals surface area contributed by atoms with Gasteiger partial charge in [-0.15, -0.1) is 0 Å². The summed E-state index contributed by atoms with van der Waals surface area (Å²) in [5, 5.41) is 3.32. The lowest BCUT2D eigenvalue weighted by atomic mass is 10.2. The number of carbonyl (C=O) groups excluding carboxylic acids is 1. The van der Waals surface area contributed by atoms with Crippen molar-refractivity contribution in [1.82, 2.24) is 14.5 Å². The molecule has 0 saturated heterocycles. The first-order chi connectivity index (χ1) is 11.2. The van der Waals surface area contributed by atoms with Gasteiger partial charge in [0.2, 0.25) is 0 Å². The molecule has 6 heteroatoms. The van der Waals surface area contributed by atoms with Gasteiger partial charge in [-0.3, -0.25) is 19.1 Å². The van der Waals surface area contributed by atoms with Crippen molar-refractivity contribution in [3.05, 3.63) is 64.5 Å². The quantitative estimate of drug-likeness (QED) is 0.785. The number of amides is 1. The van der Waals surface area contributed by atoms with Gasteiger partial charge in [0, 0.05) is 31.0 Å². The van der Waals surface area contributed by atoms with Crippen LogP contribution in [0.15, 0.2) is 47.5 Å². The third kappa shape index (κ3) is 2.38. The Labute approximate surface area is 131 Å². The van der Waals surface area contributed by atoms with Crippen molar-refractivity contribution >= 4 is 22.5 Å². The summed E-state index contributed by atoms with van der Waals surface area (Å²) in [6.07, 6.45) is 4.90. The van der Waals surface area contributed by atoms with Crippen LogP contribution in [0.2, 0.25) is 0 Å². The molecule has 0 atom stereocenters. The van der Waals surface area contributed by atoms with Crippen molar-refractivity contribution < 1.29 is 4.79 Å². The lowest BCUT2D eigenvalue weighted by Gasteiger charge is -2.08. The smallest absolute Gasteiger partial charge is 0.261 e. The van der Waals surface area contributed by atoms with Crippen molar-refractivity contribution in [2.24, 2.45) is 0 Å². The van der Waals surface area contributed by atoms with Gasteiger partial charge in [-0.05, 0) is 36.8 Å². The van der Waals surface area contributed by atoms with Crippen LogP contribution in [0.3, 0.4) is 0 Å². The van der Waals surface area contributed by atoms with E-state index in [1.54, 1.807) is 41.1 Å². The molecule has 3 aromatic rings. The van der Waals surface area contributed by atoms with E-state index < -0.39 is 0 Å². The van der Waals surface area contributed by atoms with E-state index >= 15 is 0 Å². The Morgan fingerprint density at radius 3 is 3.00 bits per heavy atom. The zero-order valence-corrected chi connectivity index (χ0v) is 12.3. The first kappa shape index (κ1) is 13.6. The fourth-order valence-corrected chi connectivity index (χ4v) is 2.86. The number of hydrogen-bond acceptors (Lipinski definition) is 4. The minimum Gasteiger partial charge on any atom is -0.322 e. The molecular formula is C17H14N4O2. The third-order valence-electron chi connectivity index (χ3n) is 4.00. The van der Waals surface area contributed by atoms with Crippen molar-refractivity contribution in [1.29, 1.82) is 0 Å². The van der Waals surface area contributed by atoms with Crippen LogP contribution >= 0.6 is 0 Å². The molecule has 23 heavy (non-hydrogen) atoms. The summed E-state index contributed by atoms with van der Waals surface area (Å²) in [7, 11) is 0. The molecule has 4 rings (SSSR count). The molecule has 6 nitrogen and oxygen atoms in total. The topological polar surface area (TPSA) is 76.9 Å². The van der Waals surface area contributed by atoms with Gasteiger partial charge in [0.25, 0.3) is 11.5 Å². The number of benzene rings is 1. The molecule has 0 aliphatic carbocycles. The summed E-state index contributed by atoms with van der Waals surface area (Å²) in [6, 6.07) is 8.61. The average Bonchev–Trinajstić information content (AvgIpc) is 3.05. The van der Waals surface area contributed by atoms with Gasteiger partial charge < -0.3 is 5.32 Å². The Morgan fingerprint density at radius 2 is 2.17 bits per heavy atom. The van der Waals surface area contributed by atoms with Crippen LogP contribution in [0.25, 0.3) is 10.9 Å². The van der Waals surface area contributed by atoms with E-state index in [0.717, 1.165) is 18.7 Å². The number of nitrogens with one attached hydrogen (secondary N) is 1. The van der Waals surface area contributed by atoms with Crippen molar-refractivity contribution in [3.63, 3.8) is 0 Å². The molecule has 1 aromatic carbocycles. The van der Waals surface area contributed by atoms with Crippen LogP contribution in [0.4, 0.5) is 5.69 Å². The van der Waals surface area contributed by atoms with Gasteiger partial charge in [-0.1, -0.05) is 0 Å². The maximum atomic E-state index is 12.5. The zero-order chi connectivity index (χ0) is 15.8. The molecule has 1 N–H and O–H groups in total. The van der Waals surface area contributed by atoms with Crippen LogP contribution in [-0.4, -0.2) is 20.4 Å². The molecular weight excluding hydrogens is 292 g/mol. The summed E-state index contributed by atoms with van der Waals surface area (Å²) in [6.45, 7) is 0.712. The van der Waals surface area contributed by atoms with Crippen LogP contribution < -0.4 is 10.9 Å². The fraction of sp³-hybridized carbons (Fsp3) is 0.176. The maximum absolute atomic E-state index is 12.5. The zero-order valence-electron chi connectivity index (χ0n) is 12.3. The highest BCUT2D eigenvalue weighted by molar-refractivity contribution is 6.04. The molecule has 1 aliphatic heterocycles. The molecule has 0 saturated carbocycles. The molecule has 3 heterocycles. The van der Waals surface area contributed by atoms with Crippen molar-refractivity contribution in [2.75, 3.05) is 5.32 Å². The SMILES string of the molecule is O=C(Nc1ccc2nc3n(c(=O)c2c1)CCC3)c1cccnc1. The van der Waals surface area contributed by atoms with E-state index in [9.17, 15) is 9.59 Å². The molecule has 0 radical (unpaired) electrons. The van der Waals surface area contributed by atoms with E-state index in [1.165, 1.54) is 6.20 Å². The Morgan fingerprint density at radius 1 is 1.26 bits per heavy atom. The highest BCUT2D eigenvalue weighted by Crippen LogP contribution is 2.18. The van der Waals surface area contributed by atoms with E-state index in [1.807, 2.05) is 0 Å². The molecule has 2 aromatic heterocycles. The number of hydrogen-bond donors (Lipinski definition) is 1. The van der Waals surface area contributed by atoms with Crippen LogP contribution in [-0.2, 0) is 13.0 Å². The van der Waals surface area contributed by atoms with Gasteiger partial charge in [-0.25, -0.2) is 4.98 Å². The number of pyridine rings is 1. The van der Waals surface area contributed by atoms with Crippen LogP contribution in [0.5, 0.6) is 0 Å². The minimum atomic E-state index is -0.258. The predicted molar refractivity (Wildman–Crippen MR) is 86.5 cm³/mol. The van der Waals surface area contributed by atoms with E-state index in [-0.39, 0.29) is 11.5 Å². The average molecular weight is 306 g/mol. The van der Waals surface area contributed by atoms with E-state index in [2.05, 4.69) is 15.3 Å². The van der Waals surface area contributed by atoms with Crippen molar-refractivity contribution in [3.8, 4) is 0 Å². The summed E-state index contributed by atoms with van der Waals surface area (Å²) in [5.41, 5.74) is 1.67. The van der Waals surface area contributed by atoms with Crippen LogP contribution in [0.1, 0.15) is 22.6 Å². The maximum Gasteiger partial charge on any atom is 0.261 e. The van der Waals surface area contributed by atoms with Gasteiger partial charge in [0.1, 0.15) is 5.82 Å². The molecule has 1 amide bonds. The Bertz CT molecular complexity index is 963. The second kappa shape index (κ2) is 5.31. The Kier molecular flexibility index (Phi) is 3.15. The number of aromatic nitrogens is 3. The number of fused-ring (bicyclic) bond motifs is 2. The molecule has 0 unspecified atom stereocenters. The first-order valence-electron chi connectivity index (χ1n) is 7.47. The van der Waals surface area contributed by atoms with Crippen molar-refractivity contribution in [2.45, 2.75) is 19.4 Å². The molecule has 0 spiro atoms. The summed E-state index contributed by atoms with van der Waals surface area (Å²) in [5.74, 6) is 0.585. The standard InChI is InChI=1S/C17H14N4O2/c22-16(11-3-1-7-18-10-11)19-12-5-6-14-13(9-12)17(23)21-8-2-4-15(21)20-14/h1,3,5-7,9-10H,2,4,8H2,(H,19,22). The van der Waals surface area contributed by atoms with Gasteiger partial charge >= 0.3 is 0 Å². The lowest BCUT2D eigenvalue weighted by Crippen LogP contribution is -2.21. The largest absolute Gasteiger partial charge is 0.322 e. The molecule has 0 bridgehead atoms. The Balaban J connectivity index is 1.72. The van der Waals surface area contributed by atoms with E-state index in [0.29, 0.717) is 28.7 Å². The minimum absolute atomic E-state index is 0.0417. The molecule has 114 valence electrons. The summed E-state index contributed by atoms with van der Waals surface area (Å²) >= 11 is 0. The van der Waals surface area contributed by atoms with Gasteiger partial charge in [-0.2, -0.15) is 0 Å². The monoisotopic (exact) mass is 306 g/mol. The number of rotatable bonds is 2. The normalized spacial score (nSPS) is 13.0. The molecule has 1 aliphatic rings. The Hall–Kier alpha value is -3.02. The molecule has 0 fully saturated rings.